The zero-order valence-electron chi connectivity index (χ0n) is 12.9. The lowest BCUT2D eigenvalue weighted by atomic mass is 10.1. The molecule has 0 aliphatic heterocycles. The van der Waals surface area contributed by atoms with Crippen molar-refractivity contribution in [2.45, 2.75) is 20.0 Å². The highest BCUT2D eigenvalue weighted by atomic mass is 35.5. The summed E-state index contributed by atoms with van der Waals surface area (Å²) >= 11 is 5.79. The zero-order chi connectivity index (χ0) is 16.7. The molecule has 0 fully saturated rings. The molecule has 2 N–H and O–H groups in total. The number of urea groups is 1. The Morgan fingerprint density at radius 2 is 1.86 bits per heavy atom. The molecule has 0 aromatic heterocycles. The van der Waals surface area contributed by atoms with Crippen molar-refractivity contribution >= 4 is 29.3 Å². The quantitative estimate of drug-likeness (QED) is 0.786. The Morgan fingerprint density at radius 1 is 1.27 bits per heavy atom. The number of esters is 1. The maximum atomic E-state index is 12.3. The summed E-state index contributed by atoms with van der Waals surface area (Å²) in [6.45, 7) is 3.50. The van der Waals surface area contributed by atoms with Crippen molar-refractivity contribution < 1.29 is 19.4 Å². The van der Waals surface area contributed by atoms with Crippen molar-refractivity contribution in [3.05, 3.63) is 29.3 Å². The van der Waals surface area contributed by atoms with E-state index in [0.717, 1.165) is 0 Å². The predicted octanol–water partition coefficient (Wildman–Crippen LogP) is 2.36. The summed E-state index contributed by atoms with van der Waals surface area (Å²) in [4.78, 5) is 25.2. The van der Waals surface area contributed by atoms with Crippen LogP contribution < -0.4 is 5.32 Å². The van der Waals surface area contributed by atoms with E-state index >= 15 is 0 Å². The lowest BCUT2D eigenvalue weighted by Gasteiger charge is -2.26. The second-order valence-electron chi connectivity index (χ2n) is 5.12. The average molecular weight is 329 g/mol. The van der Waals surface area contributed by atoms with Crippen molar-refractivity contribution in [3.63, 3.8) is 0 Å². The molecular weight excluding hydrogens is 308 g/mol. The van der Waals surface area contributed by atoms with Crippen molar-refractivity contribution in [1.29, 1.82) is 0 Å². The van der Waals surface area contributed by atoms with Crippen LogP contribution in [0.5, 0.6) is 0 Å². The third-order valence-electron chi connectivity index (χ3n) is 2.97. The Kier molecular flexibility index (Phi) is 7.14. The molecule has 2 atom stereocenters. The summed E-state index contributed by atoms with van der Waals surface area (Å²) in [6, 6.07) is 6.26. The number of aliphatic hydroxyl groups excluding tert-OH is 1. The van der Waals surface area contributed by atoms with Crippen molar-refractivity contribution in [1.82, 2.24) is 4.90 Å². The molecule has 0 aliphatic rings. The largest absolute Gasteiger partial charge is 0.469 e. The van der Waals surface area contributed by atoms with Crippen LogP contribution >= 0.6 is 11.6 Å². The van der Waals surface area contributed by atoms with Crippen LogP contribution in [0.2, 0.25) is 5.02 Å². The van der Waals surface area contributed by atoms with Gasteiger partial charge in [-0.3, -0.25) is 4.79 Å². The number of halogens is 1. The van der Waals surface area contributed by atoms with E-state index in [1.807, 2.05) is 0 Å². The molecule has 22 heavy (non-hydrogen) atoms. The van der Waals surface area contributed by atoms with Gasteiger partial charge in [0.25, 0.3) is 0 Å². The van der Waals surface area contributed by atoms with Gasteiger partial charge in [0, 0.05) is 23.8 Å². The fourth-order valence-corrected chi connectivity index (χ4v) is 2.03. The number of aliphatic hydroxyl groups is 1. The number of carbonyl (C=O) groups is 2. The molecule has 0 saturated heterocycles. The minimum absolute atomic E-state index is 0.112. The van der Waals surface area contributed by atoms with Crippen molar-refractivity contribution in [3.8, 4) is 0 Å². The zero-order valence-corrected chi connectivity index (χ0v) is 13.6. The Bertz CT molecular complexity index is 505. The van der Waals surface area contributed by atoms with E-state index in [0.29, 0.717) is 10.7 Å². The topological polar surface area (TPSA) is 78.9 Å². The predicted molar refractivity (Wildman–Crippen MR) is 84.9 cm³/mol. The Morgan fingerprint density at radius 3 is 2.36 bits per heavy atom. The number of amides is 2. The van der Waals surface area contributed by atoms with Gasteiger partial charge in [0.05, 0.1) is 19.1 Å². The first-order valence-electron chi connectivity index (χ1n) is 6.91. The van der Waals surface area contributed by atoms with Crippen LogP contribution in [0.1, 0.15) is 13.8 Å². The molecule has 1 rings (SSSR count). The minimum Gasteiger partial charge on any atom is -0.469 e. The van der Waals surface area contributed by atoms with Crippen LogP contribution in [0.4, 0.5) is 10.5 Å². The highest BCUT2D eigenvalue weighted by Gasteiger charge is 2.22. The SMILES string of the molecule is COC(=O)C(C)CN(CC(C)O)C(=O)Nc1ccc(Cl)cc1. The molecule has 7 heteroatoms. The van der Waals surface area contributed by atoms with E-state index in [2.05, 4.69) is 10.1 Å². The number of nitrogens with zero attached hydrogens (tertiary/aromatic N) is 1. The molecule has 0 heterocycles. The number of carbonyl (C=O) groups excluding carboxylic acids is 2. The molecule has 2 unspecified atom stereocenters. The summed E-state index contributed by atoms with van der Waals surface area (Å²) < 4.78 is 4.65. The first kappa shape index (κ1) is 18.3. The van der Waals surface area contributed by atoms with Gasteiger partial charge in [-0.25, -0.2) is 4.79 Å². The number of methoxy groups -OCH3 is 1. The van der Waals surface area contributed by atoms with Crippen LogP contribution in [-0.4, -0.2) is 48.3 Å². The van der Waals surface area contributed by atoms with Crippen LogP contribution in [0, 0.1) is 5.92 Å². The summed E-state index contributed by atoms with van der Waals surface area (Å²) in [5, 5.41) is 12.8. The average Bonchev–Trinajstić information content (AvgIpc) is 2.47. The molecule has 1 aromatic carbocycles. The fourth-order valence-electron chi connectivity index (χ4n) is 1.90. The van der Waals surface area contributed by atoms with E-state index in [1.165, 1.54) is 12.0 Å². The van der Waals surface area contributed by atoms with E-state index in [9.17, 15) is 14.7 Å². The van der Waals surface area contributed by atoms with Gasteiger partial charge >= 0.3 is 12.0 Å². The molecule has 2 amide bonds. The molecule has 0 radical (unpaired) electrons. The van der Waals surface area contributed by atoms with Crippen molar-refractivity contribution in [2.24, 2.45) is 5.92 Å². The van der Waals surface area contributed by atoms with Gasteiger partial charge in [-0.1, -0.05) is 18.5 Å². The summed E-state index contributed by atoms with van der Waals surface area (Å²) in [5.74, 6) is -0.894. The van der Waals surface area contributed by atoms with Crippen LogP contribution in [0.25, 0.3) is 0 Å². The Labute approximate surface area is 135 Å². The fraction of sp³-hybridized carbons (Fsp3) is 0.467. The smallest absolute Gasteiger partial charge is 0.321 e. The normalized spacial score (nSPS) is 13.1. The van der Waals surface area contributed by atoms with Gasteiger partial charge in [0.15, 0.2) is 0 Å². The standard InChI is InChI=1S/C15H21ClN2O4/c1-10(14(20)22-3)8-18(9-11(2)19)15(21)17-13-6-4-12(16)5-7-13/h4-7,10-11,19H,8-9H2,1-3H3,(H,17,21). The van der Waals surface area contributed by atoms with Crippen molar-refractivity contribution in [2.75, 3.05) is 25.5 Å². The van der Waals surface area contributed by atoms with E-state index in [-0.39, 0.29) is 13.1 Å². The van der Waals surface area contributed by atoms with Gasteiger partial charge in [-0.05, 0) is 31.2 Å². The number of hydrogen-bond donors (Lipinski definition) is 2. The molecule has 0 bridgehead atoms. The first-order valence-corrected chi connectivity index (χ1v) is 7.28. The maximum Gasteiger partial charge on any atom is 0.321 e. The summed E-state index contributed by atoms with van der Waals surface area (Å²) in [6.07, 6.45) is -0.708. The van der Waals surface area contributed by atoms with E-state index in [4.69, 9.17) is 11.6 Å². The highest BCUT2D eigenvalue weighted by molar-refractivity contribution is 6.30. The van der Waals surface area contributed by atoms with E-state index in [1.54, 1.807) is 38.1 Å². The third kappa shape index (κ3) is 5.91. The van der Waals surface area contributed by atoms with Crippen LogP contribution in [0.15, 0.2) is 24.3 Å². The lowest BCUT2D eigenvalue weighted by molar-refractivity contribution is -0.145. The van der Waals surface area contributed by atoms with Crippen LogP contribution in [0.3, 0.4) is 0 Å². The molecular formula is C15H21ClN2O4. The minimum atomic E-state index is -0.708. The number of rotatable bonds is 6. The molecule has 1 aromatic rings. The third-order valence-corrected chi connectivity index (χ3v) is 3.22. The molecule has 0 aliphatic carbocycles. The van der Waals surface area contributed by atoms with Gasteiger partial charge in [0.2, 0.25) is 0 Å². The molecule has 122 valence electrons. The van der Waals surface area contributed by atoms with Gasteiger partial charge < -0.3 is 20.1 Å². The lowest BCUT2D eigenvalue weighted by Crippen LogP contribution is -2.43. The number of anilines is 1. The maximum absolute atomic E-state index is 12.3. The van der Waals surface area contributed by atoms with E-state index < -0.39 is 24.0 Å². The second kappa shape index (κ2) is 8.60. The van der Waals surface area contributed by atoms with Crippen LogP contribution in [-0.2, 0) is 9.53 Å². The molecule has 0 spiro atoms. The first-order chi connectivity index (χ1) is 10.3. The summed E-state index contributed by atoms with van der Waals surface area (Å²) in [7, 11) is 1.30. The molecule has 6 nitrogen and oxygen atoms in total. The number of hydrogen-bond acceptors (Lipinski definition) is 4. The Balaban J connectivity index is 2.75. The Hall–Kier alpha value is -1.79. The van der Waals surface area contributed by atoms with Gasteiger partial charge in [0.1, 0.15) is 0 Å². The number of benzene rings is 1. The molecule has 0 saturated carbocycles. The highest BCUT2D eigenvalue weighted by Crippen LogP contribution is 2.14. The number of nitrogens with one attached hydrogen (secondary N) is 1. The van der Waals surface area contributed by atoms with Gasteiger partial charge in [-0.2, -0.15) is 0 Å². The van der Waals surface area contributed by atoms with Gasteiger partial charge in [-0.15, -0.1) is 0 Å². The number of ether oxygens (including phenoxy) is 1. The summed E-state index contributed by atoms with van der Waals surface area (Å²) in [5.41, 5.74) is 0.579. The second-order valence-corrected chi connectivity index (χ2v) is 5.55. The monoisotopic (exact) mass is 328 g/mol.